The first-order valence-corrected chi connectivity index (χ1v) is 8.73. The number of hydrogen-bond donors (Lipinski definition) is 1. The first-order chi connectivity index (χ1) is 9.79. The van der Waals surface area contributed by atoms with E-state index in [1.807, 2.05) is 11.8 Å². The first-order valence-electron chi connectivity index (χ1n) is 6.95. The van der Waals surface area contributed by atoms with Crippen LogP contribution in [0, 0.1) is 0 Å². The highest BCUT2D eigenvalue weighted by Crippen LogP contribution is 2.27. The Balaban J connectivity index is 1.93. The molecule has 0 aliphatic heterocycles. The van der Waals surface area contributed by atoms with E-state index in [9.17, 15) is 0 Å². The number of rotatable bonds is 7. The lowest BCUT2D eigenvalue weighted by molar-refractivity contribution is 0.674. The van der Waals surface area contributed by atoms with E-state index < -0.39 is 0 Å². The highest BCUT2D eigenvalue weighted by Gasteiger charge is 2.01. The van der Waals surface area contributed by atoms with Crippen LogP contribution in [-0.4, -0.2) is 6.54 Å². The quantitative estimate of drug-likeness (QED) is 0.541. The normalized spacial score (nSPS) is 10.7. The molecule has 0 amide bonds. The van der Waals surface area contributed by atoms with Crippen LogP contribution in [-0.2, 0) is 12.3 Å². The van der Waals surface area contributed by atoms with Gasteiger partial charge >= 0.3 is 0 Å². The molecule has 0 aliphatic carbocycles. The predicted molar refractivity (Wildman–Crippen MR) is 92.1 cm³/mol. The molecule has 2 aromatic rings. The molecule has 0 atom stereocenters. The van der Waals surface area contributed by atoms with Gasteiger partial charge in [0.25, 0.3) is 0 Å². The van der Waals surface area contributed by atoms with E-state index in [4.69, 9.17) is 0 Å². The van der Waals surface area contributed by atoms with Gasteiger partial charge in [0.15, 0.2) is 0 Å². The molecule has 20 heavy (non-hydrogen) atoms. The number of halogens is 1. The average molecular weight is 350 g/mol. The number of nitrogens with one attached hydrogen (secondary N) is 1. The average Bonchev–Trinajstić information content (AvgIpc) is 2.47. The minimum absolute atomic E-state index is 0.956. The lowest BCUT2D eigenvalue weighted by Crippen LogP contribution is -2.13. The minimum Gasteiger partial charge on any atom is -0.313 e. The van der Waals surface area contributed by atoms with Gasteiger partial charge in [0.1, 0.15) is 0 Å². The van der Waals surface area contributed by atoms with Crippen LogP contribution >= 0.6 is 27.7 Å². The van der Waals surface area contributed by atoms with Crippen LogP contribution in [0.3, 0.4) is 0 Å². The molecule has 2 rings (SSSR count). The van der Waals surface area contributed by atoms with Gasteiger partial charge < -0.3 is 5.32 Å². The fourth-order valence-electron chi connectivity index (χ4n) is 1.93. The second-order valence-corrected chi connectivity index (χ2v) is 6.61. The summed E-state index contributed by atoms with van der Waals surface area (Å²) in [7, 11) is 0. The first kappa shape index (κ1) is 15.6. The molecule has 0 saturated heterocycles. The largest absolute Gasteiger partial charge is 0.313 e. The summed E-state index contributed by atoms with van der Waals surface area (Å²) in [5.74, 6) is 0.993. The third-order valence-corrected chi connectivity index (χ3v) is 4.82. The van der Waals surface area contributed by atoms with Crippen LogP contribution in [0.2, 0.25) is 0 Å². The Kier molecular flexibility index (Phi) is 6.64. The smallest absolute Gasteiger partial charge is 0.0243 e. The van der Waals surface area contributed by atoms with Crippen molar-refractivity contribution in [2.45, 2.75) is 30.5 Å². The maximum absolute atomic E-state index is 3.60. The molecule has 0 aliphatic rings. The van der Waals surface area contributed by atoms with E-state index in [0.29, 0.717) is 0 Å². The summed E-state index contributed by atoms with van der Waals surface area (Å²) >= 11 is 5.49. The fourth-order valence-corrected chi connectivity index (χ4v) is 3.53. The van der Waals surface area contributed by atoms with E-state index >= 15 is 0 Å². The number of thioether (sulfide) groups is 1. The molecule has 1 nitrogen and oxygen atoms in total. The molecule has 0 bridgehead atoms. The molecule has 3 heteroatoms. The monoisotopic (exact) mass is 349 g/mol. The molecule has 0 fully saturated rings. The van der Waals surface area contributed by atoms with Crippen molar-refractivity contribution in [1.82, 2.24) is 5.32 Å². The molecule has 0 spiro atoms. The van der Waals surface area contributed by atoms with Gasteiger partial charge in [-0.05, 0) is 42.3 Å². The summed E-state index contributed by atoms with van der Waals surface area (Å²) in [6.07, 6.45) is 1.18. The summed E-state index contributed by atoms with van der Waals surface area (Å²) in [5.41, 5.74) is 2.70. The van der Waals surface area contributed by atoms with E-state index in [1.54, 1.807) is 0 Å². The summed E-state index contributed by atoms with van der Waals surface area (Å²) < 4.78 is 1.19. The predicted octanol–water partition coefficient (Wildman–Crippen LogP) is 5.24. The van der Waals surface area contributed by atoms with Gasteiger partial charge in [-0.25, -0.2) is 0 Å². The van der Waals surface area contributed by atoms with Crippen molar-refractivity contribution in [2.75, 3.05) is 6.54 Å². The highest BCUT2D eigenvalue weighted by atomic mass is 79.9. The highest BCUT2D eigenvalue weighted by molar-refractivity contribution is 9.10. The maximum atomic E-state index is 3.60. The second-order valence-electron chi connectivity index (χ2n) is 4.70. The molecule has 0 heterocycles. The molecule has 0 aromatic heterocycles. The number of benzene rings is 2. The van der Waals surface area contributed by atoms with Crippen LogP contribution in [0.25, 0.3) is 0 Å². The number of hydrogen-bond acceptors (Lipinski definition) is 2. The van der Waals surface area contributed by atoms with E-state index in [0.717, 1.165) is 18.8 Å². The molecule has 0 radical (unpaired) electrons. The van der Waals surface area contributed by atoms with Crippen molar-refractivity contribution >= 4 is 27.7 Å². The fraction of sp³-hybridized carbons (Fsp3) is 0.294. The SMILES string of the molecule is CCCNCc1cccc(SCc2ccccc2Br)c1. The van der Waals surface area contributed by atoms with E-state index in [1.165, 1.54) is 26.9 Å². The zero-order valence-corrected chi connectivity index (χ0v) is 14.1. The van der Waals surface area contributed by atoms with E-state index in [-0.39, 0.29) is 0 Å². The van der Waals surface area contributed by atoms with Crippen LogP contribution in [0.1, 0.15) is 24.5 Å². The van der Waals surface area contributed by atoms with Crippen molar-refractivity contribution in [1.29, 1.82) is 0 Å². The Morgan fingerprint density at radius 2 is 1.95 bits per heavy atom. The van der Waals surface area contributed by atoms with Crippen LogP contribution in [0.15, 0.2) is 57.9 Å². The lowest BCUT2D eigenvalue weighted by atomic mass is 10.2. The Hall–Kier alpha value is -0.770. The van der Waals surface area contributed by atoms with Crippen molar-refractivity contribution in [3.63, 3.8) is 0 Å². The summed E-state index contributed by atoms with van der Waals surface area (Å²) in [5, 5.41) is 3.44. The van der Waals surface area contributed by atoms with Crippen molar-refractivity contribution < 1.29 is 0 Å². The van der Waals surface area contributed by atoms with Crippen LogP contribution < -0.4 is 5.32 Å². The Labute approximate surface area is 134 Å². The molecule has 106 valence electrons. The Morgan fingerprint density at radius 3 is 2.75 bits per heavy atom. The van der Waals surface area contributed by atoms with Gasteiger partial charge in [0, 0.05) is 21.7 Å². The Morgan fingerprint density at radius 1 is 1.10 bits per heavy atom. The van der Waals surface area contributed by atoms with Gasteiger partial charge in [-0.1, -0.05) is 53.2 Å². The molecule has 0 saturated carbocycles. The van der Waals surface area contributed by atoms with Crippen LogP contribution in [0.4, 0.5) is 0 Å². The van der Waals surface area contributed by atoms with Gasteiger partial charge in [0.05, 0.1) is 0 Å². The Bertz CT molecular complexity index is 542. The van der Waals surface area contributed by atoms with Gasteiger partial charge in [-0.2, -0.15) is 0 Å². The van der Waals surface area contributed by atoms with Crippen molar-refractivity contribution in [3.8, 4) is 0 Å². The van der Waals surface area contributed by atoms with Gasteiger partial charge in [0.2, 0.25) is 0 Å². The third-order valence-electron chi connectivity index (χ3n) is 3.01. The summed E-state index contributed by atoms with van der Waals surface area (Å²) in [6.45, 7) is 4.22. The minimum atomic E-state index is 0.956. The lowest BCUT2D eigenvalue weighted by Gasteiger charge is -2.07. The molecular formula is C17H20BrNS. The standard InChI is InChI=1S/C17H20BrNS/c1-2-10-19-12-14-6-5-8-16(11-14)20-13-15-7-3-4-9-17(15)18/h3-9,11,19H,2,10,12-13H2,1H3. The molecule has 2 aromatic carbocycles. The van der Waals surface area contributed by atoms with Crippen molar-refractivity contribution in [2.24, 2.45) is 0 Å². The van der Waals surface area contributed by atoms with Gasteiger partial charge in [-0.3, -0.25) is 0 Å². The third kappa shape index (κ3) is 4.97. The topological polar surface area (TPSA) is 12.0 Å². The summed E-state index contributed by atoms with van der Waals surface area (Å²) in [4.78, 5) is 1.33. The zero-order chi connectivity index (χ0) is 14.2. The maximum Gasteiger partial charge on any atom is 0.0243 e. The second kappa shape index (κ2) is 8.50. The van der Waals surface area contributed by atoms with Crippen molar-refractivity contribution in [3.05, 3.63) is 64.1 Å². The van der Waals surface area contributed by atoms with Gasteiger partial charge in [-0.15, -0.1) is 11.8 Å². The van der Waals surface area contributed by atoms with Crippen LogP contribution in [0.5, 0.6) is 0 Å². The zero-order valence-electron chi connectivity index (χ0n) is 11.7. The molecule has 1 N–H and O–H groups in total. The molecule has 0 unspecified atom stereocenters. The summed E-state index contributed by atoms with van der Waals surface area (Å²) in [6, 6.07) is 17.2. The molecular weight excluding hydrogens is 330 g/mol. The van der Waals surface area contributed by atoms with E-state index in [2.05, 4.69) is 76.7 Å².